The van der Waals surface area contributed by atoms with Crippen LogP contribution in [0.15, 0.2) is 65.3 Å². The number of ketones is 2. The molecule has 0 spiro atoms. The molecule has 0 amide bonds. The van der Waals surface area contributed by atoms with Crippen LogP contribution in [0.2, 0.25) is 0 Å². The number of rotatable bonds is 3. The van der Waals surface area contributed by atoms with Gasteiger partial charge in [-0.2, -0.15) is 5.26 Å². The highest BCUT2D eigenvalue weighted by Crippen LogP contribution is 2.47. The molecule has 2 N–H and O–H groups in total. The summed E-state index contributed by atoms with van der Waals surface area (Å²) in [6.45, 7) is 0. The highest BCUT2D eigenvalue weighted by atomic mass is 16.5. The average Bonchev–Trinajstić information content (AvgIpc) is 2.76. The molecule has 1 aliphatic heterocycles. The summed E-state index contributed by atoms with van der Waals surface area (Å²) in [6.07, 6.45) is 0. The number of carbonyl (C=O) groups is 2. The van der Waals surface area contributed by atoms with Crippen molar-refractivity contribution in [2.75, 3.05) is 14.2 Å². The monoisotopic (exact) mass is 388 g/mol. The van der Waals surface area contributed by atoms with Crippen LogP contribution in [-0.4, -0.2) is 25.8 Å². The van der Waals surface area contributed by atoms with Gasteiger partial charge in [0, 0.05) is 16.7 Å². The minimum absolute atomic E-state index is 0.0239. The van der Waals surface area contributed by atoms with E-state index in [4.69, 9.17) is 19.9 Å². The van der Waals surface area contributed by atoms with Crippen molar-refractivity contribution in [3.05, 3.63) is 81.9 Å². The van der Waals surface area contributed by atoms with Gasteiger partial charge in [-0.3, -0.25) is 9.59 Å². The van der Waals surface area contributed by atoms with Crippen molar-refractivity contribution in [2.45, 2.75) is 5.92 Å². The lowest BCUT2D eigenvalue weighted by Gasteiger charge is -2.31. The average molecular weight is 388 g/mol. The molecule has 144 valence electrons. The van der Waals surface area contributed by atoms with Crippen LogP contribution in [0.4, 0.5) is 0 Å². The van der Waals surface area contributed by atoms with Gasteiger partial charge in [0.2, 0.25) is 11.7 Å². The molecule has 1 aliphatic carbocycles. The number of fused-ring (bicyclic) bond motifs is 1. The number of nitrogens with zero attached hydrogens (tertiary/aromatic N) is 1. The number of benzene rings is 2. The molecular weight excluding hydrogens is 372 g/mol. The van der Waals surface area contributed by atoms with E-state index in [1.165, 1.54) is 14.2 Å². The molecule has 0 fully saturated rings. The fraction of sp³-hybridized carbons (Fsp3) is 0.136. The largest absolute Gasteiger partial charge is 0.497 e. The van der Waals surface area contributed by atoms with E-state index in [-0.39, 0.29) is 33.9 Å². The van der Waals surface area contributed by atoms with Crippen LogP contribution in [0.1, 0.15) is 32.2 Å². The zero-order valence-electron chi connectivity index (χ0n) is 15.7. The highest BCUT2D eigenvalue weighted by Gasteiger charge is 2.44. The first-order chi connectivity index (χ1) is 14.0. The Morgan fingerprint density at radius 2 is 1.72 bits per heavy atom. The van der Waals surface area contributed by atoms with Crippen LogP contribution in [0.5, 0.6) is 11.5 Å². The maximum absolute atomic E-state index is 13.4. The van der Waals surface area contributed by atoms with Crippen molar-refractivity contribution in [2.24, 2.45) is 5.73 Å². The second-order valence-electron chi connectivity index (χ2n) is 6.48. The zero-order chi connectivity index (χ0) is 20.7. The molecule has 0 unspecified atom stereocenters. The Labute approximate surface area is 166 Å². The Morgan fingerprint density at radius 1 is 1.03 bits per heavy atom. The summed E-state index contributed by atoms with van der Waals surface area (Å²) < 4.78 is 16.2. The Morgan fingerprint density at radius 3 is 2.34 bits per heavy atom. The Kier molecular flexibility index (Phi) is 4.32. The normalized spacial score (nSPS) is 17.9. The lowest BCUT2D eigenvalue weighted by molar-refractivity contribution is 0.0897. The summed E-state index contributed by atoms with van der Waals surface area (Å²) in [5.41, 5.74) is 7.03. The summed E-state index contributed by atoms with van der Waals surface area (Å²) >= 11 is 0. The molecule has 4 rings (SSSR count). The van der Waals surface area contributed by atoms with Crippen molar-refractivity contribution in [1.29, 1.82) is 5.26 Å². The van der Waals surface area contributed by atoms with Gasteiger partial charge in [0.25, 0.3) is 0 Å². The number of allylic oxidation sites excluding steroid dienone is 3. The predicted molar refractivity (Wildman–Crippen MR) is 102 cm³/mol. The Balaban J connectivity index is 2.02. The van der Waals surface area contributed by atoms with E-state index < -0.39 is 17.5 Å². The van der Waals surface area contributed by atoms with Gasteiger partial charge in [-0.05, 0) is 18.2 Å². The van der Waals surface area contributed by atoms with Gasteiger partial charge in [-0.1, -0.05) is 24.3 Å². The third kappa shape index (κ3) is 2.65. The van der Waals surface area contributed by atoms with Crippen LogP contribution in [0, 0.1) is 11.3 Å². The number of ether oxygens (including phenoxy) is 3. The molecule has 2 aliphatic rings. The minimum Gasteiger partial charge on any atom is -0.497 e. The fourth-order valence-corrected chi connectivity index (χ4v) is 3.68. The van der Waals surface area contributed by atoms with Crippen molar-refractivity contribution < 1.29 is 23.8 Å². The van der Waals surface area contributed by atoms with Gasteiger partial charge < -0.3 is 19.9 Å². The van der Waals surface area contributed by atoms with E-state index in [2.05, 4.69) is 0 Å². The third-order valence-electron chi connectivity index (χ3n) is 5.03. The quantitative estimate of drug-likeness (QED) is 0.860. The summed E-state index contributed by atoms with van der Waals surface area (Å²) in [4.78, 5) is 26.4. The third-order valence-corrected chi connectivity index (χ3v) is 5.03. The smallest absolute Gasteiger partial charge is 0.229 e. The van der Waals surface area contributed by atoms with E-state index in [0.717, 1.165) is 0 Å². The first-order valence-electron chi connectivity index (χ1n) is 8.73. The van der Waals surface area contributed by atoms with Crippen molar-refractivity contribution in [1.82, 2.24) is 0 Å². The van der Waals surface area contributed by atoms with Gasteiger partial charge >= 0.3 is 0 Å². The number of hydrogen-bond acceptors (Lipinski definition) is 7. The first kappa shape index (κ1) is 18.3. The molecule has 29 heavy (non-hydrogen) atoms. The van der Waals surface area contributed by atoms with Gasteiger partial charge in [0.1, 0.15) is 23.1 Å². The molecule has 0 aromatic heterocycles. The standard InChI is InChI=1S/C22H16N2O5/c1-27-11-7-8-16(28-2)14(9-11)17-15(10-23)22(24)29-21-18(17)19(25)12-5-3-4-6-13(12)20(21)26/h3-9,17H,24H2,1-2H3/t17-/m0/s1. The predicted octanol–water partition coefficient (Wildman–Crippen LogP) is 2.84. The van der Waals surface area contributed by atoms with Crippen molar-refractivity contribution >= 4 is 11.6 Å². The molecule has 0 saturated carbocycles. The Bertz CT molecular complexity index is 1170. The van der Waals surface area contributed by atoms with Crippen molar-refractivity contribution in [3.63, 3.8) is 0 Å². The number of nitriles is 1. The Hall–Kier alpha value is -4.05. The summed E-state index contributed by atoms with van der Waals surface area (Å²) in [5, 5.41) is 9.76. The lowest BCUT2D eigenvalue weighted by Crippen LogP contribution is -2.32. The van der Waals surface area contributed by atoms with E-state index in [0.29, 0.717) is 17.1 Å². The first-order valence-corrected chi connectivity index (χ1v) is 8.73. The molecule has 1 heterocycles. The summed E-state index contributed by atoms with van der Waals surface area (Å²) in [7, 11) is 2.98. The van der Waals surface area contributed by atoms with Crippen molar-refractivity contribution in [3.8, 4) is 17.6 Å². The zero-order valence-corrected chi connectivity index (χ0v) is 15.7. The van der Waals surface area contributed by atoms with Crippen LogP contribution in [0.3, 0.4) is 0 Å². The lowest BCUT2D eigenvalue weighted by atomic mass is 9.75. The molecule has 7 heteroatoms. The van der Waals surface area contributed by atoms with Gasteiger partial charge in [0.15, 0.2) is 11.5 Å². The van der Waals surface area contributed by atoms with E-state index in [9.17, 15) is 14.9 Å². The van der Waals surface area contributed by atoms with Crippen LogP contribution < -0.4 is 15.2 Å². The van der Waals surface area contributed by atoms with Crippen LogP contribution >= 0.6 is 0 Å². The van der Waals surface area contributed by atoms with Crippen LogP contribution in [0.25, 0.3) is 0 Å². The summed E-state index contributed by atoms with van der Waals surface area (Å²) in [6, 6.07) is 13.5. The number of carbonyl (C=O) groups excluding carboxylic acids is 2. The number of nitrogens with two attached hydrogens (primary N) is 1. The van der Waals surface area contributed by atoms with Gasteiger partial charge in [-0.15, -0.1) is 0 Å². The van der Waals surface area contributed by atoms with E-state index in [1.807, 2.05) is 6.07 Å². The molecule has 0 radical (unpaired) electrons. The second kappa shape index (κ2) is 6.84. The molecule has 0 saturated heterocycles. The van der Waals surface area contributed by atoms with Gasteiger partial charge in [0.05, 0.1) is 25.7 Å². The molecule has 1 atom stereocenters. The molecule has 7 nitrogen and oxygen atoms in total. The topological polar surface area (TPSA) is 112 Å². The second-order valence-corrected chi connectivity index (χ2v) is 6.48. The fourth-order valence-electron chi connectivity index (χ4n) is 3.68. The molecular formula is C22H16N2O5. The van der Waals surface area contributed by atoms with Gasteiger partial charge in [-0.25, -0.2) is 0 Å². The SMILES string of the molecule is COc1ccc(OC)c([C@H]2C(C#N)=C(N)OC3=C2C(=O)c2ccccc2C3=O)c1. The maximum atomic E-state index is 13.4. The number of methoxy groups -OCH3 is 2. The summed E-state index contributed by atoms with van der Waals surface area (Å²) in [5.74, 6) is -1.25. The number of Topliss-reactive ketones (excluding diaryl/α,β-unsaturated/α-hetero) is 2. The van der Waals surface area contributed by atoms with E-state index >= 15 is 0 Å². The molecule has 2 aromatic carbocycles. The maximum Gasteiger partial charge on any atom is 0.229 e. The number of hydrogen-bond donors (Lipinski definition) is 1. The molecule has 0 bridgehead atoms. The van der Waals surface area contributed by atoms with Crippen LogP contribution in [-0.2, 0) is 4.74 Å². The van der Waals surface area contributed by atoms with E-state index in [1.54, 1.807) is 42.5 Å². The minimum atomic E-state index is -0.932. The molecule has 2 aromatic rings. The highest BCUT2D eigenvalue weighted by molar-refractivity contribution is 6.27.